The van der Waals surface area contributed by atoms with Gasteiger partial charge in [-0.2, -0.15) is 0 Å². The number of halogens is 2. The van der Waals surface area contributed by atoms with Crippen LogP contribution in [0.1, 0.15) is 17.5 Å². The van der Waals surface area contributed by atoms with Gasteiger partial charge in [-0.15, -0.1) is 0 Å². The lowest BCUT2D eigenvalue weighted by molar-refractivity contribution is -0.110. The van der Waals surface area contributed by atoms with Crippen LogP contribution in [0.4, 0.5) is 4.39 Å². The zero-order valence-corrected chi connectivity index (χ0v) is 12.0. The third-order valence-electron chi connectivity index (χ3n) is 3.57. The Balaban J connectivity index is 2.20. The number of ketones is 1. The first-order valence-corrected chi connectivity index (χ1v) is 6.92. The number of benzene rings is 2. The summed E-state index contributed by atoms with van der Waals surface area (Å²) in [4.78, 5) is 12.4. The van der Waals surface area contributed by atoms with Crippen LogP contribution in [0.3, 0.4) is 0 Å². The number of carbonyl (C=O) groups excluding carboxylic acids is 1. The molecular weight excluding hydrogens is 287 g/mol. The van der Waals surface area contributed by atoms with E-state index in [-0.39, 0.29) is 10.8 Å². The summed E-state index contributed by atoms with van der Waals surface area (Å²) in [5.41, 5.74) is 3.42. The minimum absolute atomic E-state index is 0.0729. The van der Waals surface area contributed by atoms with Crippen LogP contribution in [-0.4, -0.2) is 5.78 Å². The maximum Gasteiger partial charge on any atom is 0.189 e. The molecule has 0 N–H and O–H groups in total. The summed E-state index contributed by atoms with van der Waals surface area (Å²) in [6, 6.07) is 14.0. The van der Waals surface area contributed by atoms with Gasteiger partial charge in [0.25, 0.3) is 0 Å². The molecule has 0 heterocycles. The molecule has 0 bridgehead atoms. The molecule has 0 aliphatic heterocycles. The molecule has 0 amide bonds. The second kappa shape index (κ2) is 5.30. The number of allylic oxidation sites excluding steroid dienone is 3. The van der Waals surface area contributed by atoms with Crippen LogP contribution >= 0.6 is 11.6 Å². The average Bonchev–Trinajstić information content (AvgIpc) is 2.79. The SMILES string of the molecule is C=C1CC(c2ccc(Cl)c(F)c2)=C(c2ccccc2)C1=O. The van der Waals surface area contributed by atoms with Crippen molar-refractivity contribution >= 4 is 28.5 Å². The van der Waals surface area contributed by atoms with Gasteiger partial charge in [0.05, 0.1) is 5.02 Å². The smallest absolute Gasteiger partial charge is 0.189 e. The van der Waals surface area contributed by atoms with Gasteiger partial charge in [0.1, 0.15) is 5.82 Å². The maximum atomic E-state index is 13.7. The van der Waals surface area contributed by atoms with E-state index in [0.29, 0.717) is 23.1 Å². The van der Waals surface area contributed by atoms with Crippen molar-refractivity contribution in [3.63, 3.8) is 0 Å². The first-order valence-electron chi connectivity index (χ1n) is 6.54. The van der Waals surface area contributed by atoms with E-state index in [4.69, 9.17) is 11.6 Å². The van der Waals surface area contributed by atoms with Crippen LogP contribution in [0.2, 0.25) is 5.02 Å². The third kappa shape index (κ3) is 2.43. The lowest BCUT2D eigenvalue weighted by Gasteiger charge is -2.07. The van der Waals surface area contributed by atoms with Crippen LogP contribution < -0.4 is 0 Å². The molecule has 0 saturated heterocycles. The molecule has 0 atom stereocenters. The summed E-state index contributed by atoms with van der Waals surface area (Å²) in [6.45, 7) is 3.82. The second-order valence-electron chi connectivity index (χ2n) is 4.96. The van der Waals surface area contributed by atoms with Crippen molar-refractivity contribution < 1.29 is 9.18 Å². The average molecular weight is 299 g/mol. The van der Waals surface area contributed by atoms with Crippen LogP contribution in [-0.2, 0) is 4.79 Å². The summed E-state index contributed by atoms with van der Waals surface area (Å²) in [6.07, 6.45) is 0.435. The first-order chi connectivity index (χ1) is 10.1. The summed E-state index contributed by atoms with van der Waals surface area (Å²) in [5, 5.41) is 0.0729. The molecule has 104 valence electrons. The second-order valence-corrected chi connectivity index (χ2v) is 5.37. The van der Waals surface area contributed by atoms with Crippen molar-refractivity contribution in [2.45, 2.75) is 6.42 Å². The van der Waals surface area contributed by atoms with E-state index in [1.807, 2.05) is 30.3 Å². The topological polar surface area (TPSA) is 17.1 Å². The molecule has 1 nitrogen and oxygen atoms in total. The standard InChI is InChI=1S/C18H12ClFO/c1-11-9-14(13-7-8-15(19)16(20)10-13)17(18(11)21)12-5-3-2-4-6-12/h2-8,10H,1,9H2. The van der Waals surface area contributed by atoms with Crippen molar-refractivity contribution in [3.8, 4) is 0 Å². The van der Waals surface area contributed by atoms with E-state index >= 15 is 0 Å². The quantitative estimate of drug-likeness (QED) is 0.719. The zero-order chi connectivity index (χ0) is 15.0. The number of Topliss-reactive ketones (excluding diaryl/α,β-unsaturated/α-hetero) is 1. The predicted molar refractivity (Wildman–Crippen MR) is 83.4 cm³/mol. The molecule has 0 fully saturated rings. The highest BCUT2D eigenvalue weighted by molar-refractivity contribution is 6.38. The fourth-order valence-corrected chi connectivity index (χ4v) is 2.65. The van der Waals surface area contributed by atoms with Crippen LogP contribution in [0, 0.1) is 5.82 Å². The Hall–Kier alpha value is -2.19. The van der Waals surface area contributed by atoms with E-state index in [9.17, 15) is 9.18 Å². The highest BCUT2D eigenvalue weighted by atomic mass is 35.5. The van der Waals surface area contributed by atoms with Crippen molar-refractivity contribution in [3.05, 3.63) is 82.6 Å². The molecule has 1 aliphatic rings. The van der Waals surface area contributed by atoms with E-state index in [1.165, 1.54) is 12.1 Å². The number of hydrogen-bond donors (Lipinski definition) is 0. The highest BCUT2D eigenvalue weighted by Crippen LogP contribution is 2.40. The van der Waals surface area contributed by atoms with E-state index in [1.54, 1.807) is 6.07 Å². The van der Waals surface area contributed by atoms with Crippen molar-refractivity contribution in [2.24, 2.45) is 0 Å². The van der Waals surface area contributed by atoms with Gasteiger partial charge in [0.2, 0.25) is 0 Å². The Morgan fingerprint density at radius 1 is 1.05 bits per heavy atom. The molecule has 0 aromatic heterocycles. The fourth-order valence-electron chi connectivity index (χ4n) is 2.54. The molecular formula is C18H12ClFO. The summed E-state index contributed by atoms with van der Waals surface area (Å²) in [5.74, 6) is -0.564. The summed E-state index contributed by atoms with van der Waals surface area (Å²) in [7, 11) is 0. The van der Waals surface area contributed by atoms with E-state index < -0.39 is 5.82 Å². The third-order valence-corrected chi connectivity index (χ3v) is 3.88. The molecule has 21 heavy (non-hydrogen) atoms. The van der Waals surface area contributed by atoms with Crippen LogP contribution in [0.5, 0.6) is 0 Å². The highest BCUT2D eigenvalue weighted by Gasteiger charge is 2.28. The molecule has 0 saturated carbocycles. The van der Waals surface area contributed by atoms with Crippen molar-refractivity contribution in [1.29, 1.82) is 0 Å². The Bertz CT molecular complexity index is 775. The Labute approximate surface area is 127 Å². The van der Waals surface area contributed by atoms with Crippen LogP contribution in [0.15, 0.2) is 60.7 Å². The van der Waals surface area contributed by atoms with Gasteiger partial charge in [-0.3, -0.25) is 4.79 Å². The molecule has 0 spiro atoms. The lowest BCUT2D eigenvalue weighted by atomic mass is 9.97. The van der Waals surface area contributed by atoms with Gasteiger partial charge in [0.15, 0.2) is 5.78 Å². The Morgan fingerprint density at radius 2 is 1.76 bits per heavy atom. The molecule has 0 unspecified atom stereocenters. The monoisotopic (exact) mass is 298 g/mol. The van der Waals surface area contributed by atoms with Gasteiger partial charge in [-0.05, 0) is 34.4 Å². The van der Waals surface area contributed by atoms with Gasteiger partial charge in [-0.25, -0.2) is 4.39 Å². The largest absolute Gasteiger partial charge is 0.289 e. The van der Waals surface area contributed by atoms with Crippen molar-refractivity contribution in [1.82, 2.24) is 0 Å². The van der Waals surface area contributed by atoms with Gasteiger partial charge in [0, 0.05) is 12.0 Å². The zero-order valence-electron chi connectivity index (χ0n) is 11.2. The maximum absolute atomic E-state index is 13.7. The predicted octanol–water partition coefficient (Wildman–Crippen LogP) is 4.92. The minimum atomic E-state index is -0.487. The minimum Gasteiger partial charge on any atom is -0.289 e. The molecule has 2 aromatic carbocycles. The molecule has 3 heteroatoms. The van der Waals surface area contributed by atoms with Gasteiger partial charge in [-0.1, -0.05) is 54.6 Å². The van der Waals surface area contributed by atoms with Gasteiger partial charge >= 0.3 is 0 Å². The fraction of sp³-hybridized carbons (Fsp3) is 0.0556. The Morgan fingerprint density at radius 3 is 2.43 bits per heavy atom. The summed E-state index contributed by atoms with van der Waals surface area (Å²) >= 11 is 5.72. The normalized spacial score (nSPS) is 15.0. The van der Waals surface area contributed by atoms with E-state index in [0.717, 1.165) is 11.1 Å². The molecule has 0 radical (unpaired) electrons. The van der Waals surface area contributed by atoms with Gasteiger partial charge < -0.3 is 0 Å². The van der Waals surface area contributed by atoms with Crippen molar-refractivity contribution in [2.75, 3.05) is 0 Å². The number of rotatable bonds is 2. The molecule has 1 aliphatic carbocycles. The Kier molecular flexibility index (Phi) is 3.48. The van der Waals surface area contributed by atoms with E-state index in [2.05, 4.69) is 6.58 Å². The molecule has 2 aromatic rings. The number of hydrogen-bond acceptors (Lipinski definition) is 1. The molecule has 3 rings (SSSR count). The summed E-state index contributed by atoms with van der Waals surface area (Å²) < 4.78 is 13.7. The number of carbonyl (C=O) groups is 1. The lowest BCUT2D eigenvalue weighted by Crippen LogP contribution is -1.97. The first kappa shape index (κ1) is 13.8. The van der Waals surface area contributed by atoms with Crippen LogP contribution in [0.25, 0.3) is 11.1 Å².